The third kappa shape index (κ3) is 2.75. The van der Waals surface area contributed by atoms with Crippen molar-refractivity contribution in [2.75, 3.05) is 0 Å². The molecule has 1 aliphatic rings. The molecule has 0 atom stereocenters. The largest absolute Gasteiger partial charge is 0.388 e. The molecule has 1 fully saturated rings. The van der Waals surface area contributed by atoms with Crippen LogP contribution in [-0.2, 0) is 13.0 Å². The van der Waals surface area contributed by atoms with Crippen molar-refractivity contribution in [1.29, 1.82) is 0 Å². The quantitative estimate of drug-likeness (QED) is 0.930. The van der Waals surface area contributed by atoms with E-state index in [-0.39, 0.29) is 6.61 Å². The molecule has 4 nitrogen and oxygen atoms in total. The number of benzene rings is 1. The van der Waals surface area contributed by atoms with Gasteiger partial charge in [-0.3, -0.25) is 4.57 Å². The zero-order chi connectivity index (χ0) is 13.8. The second kappa shape index (κ2) is 6.18. The van der Waals surface area contributed by atoms with Crippen molar-refractivity contribution in [2.24, 2.45) is 5.92 Å². The van der Waals surface area contributed by atoms with E-state index in [0.29, 0.717) is 11.7 Å². The van der Waals surface area contributed by atoms with Gasteiger partial charge in [-0.2, -0.15) is 0 Å². The third-order valence-corrected chi connectivity index (χ3v) is 4.15. The van der Waals surface area contributed by atoms with E-state index in [9.17, 15) is 5.11 Å². The molecule has 0 unspecified atom stereocenters. The summed E-state index contributed by atoms with van der Waals surface area (Å²) in [4.78, 5) is 0. The maximum absolute atomic E-state index is 9.48. The standard InChI is InChI=1S/C16H21N3O/c20-12-16-18-17-15(11-13-7-3-1-4-8-13)19(16)14-9-5-2-6-10-14/h2,5-6,9-10,13,20H,1,3-4,7-8,11-12H2. The van der Waals surface area contributed by atoms with Gasteiger partial charge in [-0.05, 0) is 18.1 Å². The molecule has 20 heavy (non-hydrogen) atoms. The summed E-state index contributed by atoms with van der Waals surface area (Å²) in [6.45, 7) is -0.0768. The van der Waals surface area contributed by atoms with Crippen LogP contribution in [0.15, 0.2) is 30.3 Å². The maximum atomic E-state index is 9.48. The number of para-hydroxylation sites is 1. The Bertz CT molecular complexity index is 544. The number of nitrogens with zero attached hydrogens (tertiary/aromatic N) is 3. The third-order valence-electron chi connectivity index (χ3n) is 4.15. The van der Waals surface area contributed by atoms with Gasteiger partial charge >= 0.3 is 0 Å². The van der Waals surface area contributed by atoms with E-state index in [0.717, 1.165) is 17.9 Å². The molecule has 106 valence electrons. The van der Waals surface area contributed by atoms with E-state index in [1.807, 2.05) is 34.9 Å². The van der Waals surface area contributed by atoms with E-state index in [4.69, 9.17) is 0 Å². The minimum atomic E-state index is -0.0768. The van der Waals surface area contributed by atoms with E-state index in [1.54, 1.807) is 0 Å². The zero-order valence-corrected chi connectivity index (χ0v) is 11.7. The Hall–Kier alpha value is -1.68. The van der Waals surface area contributed by atoms with Crippen LogP contribution in [0.5, 0.6) is 0 Å². The molecule has 0 radical (unpaired) electrons. The first-order chi connectivity index (χ1) is 9.88. The topological polar surface area (TPSA) is 50.9 Å². The first kappa shape index (κ1) is 13.3. The molecule has 1 N–H and O–H groups in total. The molecule has 0 bridgehead atoms. The smallest absolute Gasteiger partial charge is 0.163 e. The van der Waals surface area contributed by atoms with Gasteiger partial charge in [-0.25, -0.2) is 0 Å². The van der Waals surface area contributed by atoms with E-state index in [2.05, 4.69) is 10.2 Å². The van der Waals surface area contributed by atoms with Gasteiger partial charge in [0.05, 0.1) is 0 Å². The molecule has 1 heterocycles. The minimum absolute atomic E-state index is 0.0768. The van der Waals surface area contributed by atoms with Crippen LogP contribution in [0.2, 0.25) is 0 Å². The van der Waals surface area contributed by atoms with Gasteiger partial charge in [0.25, 0.3) is 0 Å². The van der Waals surface area contributed by atoms with Gasteiger partial charge in [-0.15, -0.1) is 10.2 Å². The van der Waals surface area contributed by atoms with Gasteiger partial charge in [0.2, 0.25) is 0 Å². The van der Waals surface area contributed by atoms with Crippen LogP contribution < -0.4 is 0 Å². The SMILES string of the molecule is OCc1nnc(CC2CCCCC2)n1-c1ccccc1. The fraction of sp³-hybridized carbons (Fsp3) is 0.500. The molecule has 0 amide bonds. The van der Waals surface area contributed by atoms with Crippen molar-refractivity contribution < 1.29 is 5.11 Å². The van der Waals surface area contributed by atoms with E-state index in [1.165, 1.54) is 32.1 Å². The molecule has 4 heteroatoms. The Morgan fingerprint density at radius 2 is 1.70 bits per heavy atom. The Balaban J connectivity index is 1.89. The van der Waals surface area contributed by atoms with E-state index >= 15 is 0 Å². The van der Waals surface area contributed by atoms with Crippen LogP contribution >= 0.6 is 0 Å². The highest BCUT2D eigenvalue weighted by Crippen LogP contribution is 2.27. The predicted octanol–water partition coefficient (Wildman–Crippen LogP) is 2.88. The first-order valence-corrected chi connectivity index (χ1v) is 7.48. The van der Waals surface area contributed by atoms with E-state index < -0.39 is 0 Å². The number of aliphatic hydroxyl groups is 1. The van der Waals surface area contributed by atoms with Crippen molar-refractivity contribution in [2.45, 2.75) is 45.1 Å². The Morgan fingerprint density at radius 3 is 2.40 bits per heavy atom. The monoisotopic (exact) mass is 271 g/mol. The summed E-state index contributed by atoms with van der Waals surface area (Å²) >= 11 is 0. The van der Waals surface area contributed by atoms with Crippen LogP contribution in [0.25, 0.3) is 5.69 Å². The normalized spacial score (nSPS) is 16.4. The summed E-state index contributed by atoms with van der Waals surface area (Å²) in [5.74, 6) is 2.32. The van der Waals surface area contributed by atoms with Crippen LogP contribution in [0.1, 0.15) is 43.8 Å². The van der Waals surface area contributed by atoms with Gasteiger partial charge in [0, 0.05) is 12.1 Å². The summed E-state index contributed by atoms with van der Waals surface area (Å²) in [7, 11) is 0. The molecule has 1 aromatic carbocycles. The lowest BCUT2D eigenvalue weighted by Crippen LogP contribution is -2.13. The lowest BCUT2D eigenvalue weighted by Gasteiger charge is -2.21. The Morgan fingerprint density at radius 1 is 1.00 bits per heavy atom. The number of aromatic nitrogens is 3. The number of hydrogen-bond acceptors (Lipinski definition) is 3. The lowest BCUT2D eigenvalue weighted by atomic mass is 9.87. The zero-order valence-electron chi connectivity index (χ0n) is 11.7. The highest BCUT2D eigenvalue weighted by atomic mass is 16.3. The molecule has 0 spiro atoms. The van der Waals surface area contributed by atoms with Crippen LogP contribution in [0.4, 0.5) is 0 Å². The molecule has 3 rings (SSSR count). The number of hydrogen-bond donors (Lipinski definition) is 1. The summed E-state index contributed by atoms with van der Waals surface area (Å²) in [6.07, 6.45) is 7.56. The molecule has 1 aliphatic carbocycles. The molecular formula is C16H21N3O. The fourth-order valence-corrected chi connectivity index (χ4v) is 3.11. The number of aliphatic hydroxyl groups excluding tert-OH is 1. The van der Waals surface area contributed by atoms with Crippen LogP contribution in [0, 0.1) is 5.92 Å². The number of rotatable bonds is 4. The average molecular weight is 271 g/mol. The highest BCUT2D eigenvalue weighted by molar-refractivity contribution is 5.34. The van der Waals surface area contributed by atoms with Crippen molar-refractivity contribution in [1.82, 2.24) is 14.8 Å². The van der Waals surface area contributed by atoms with Gasteiger partial charge < -0.3 is 5.11 Å². The molecule has 0 aliphatic heterocycles. The molecule has 0 saturated heterocycles. The predicted molar refractivity (Wildman–Crippen MR) is 77.6 cm³/mol. The average Bonchev–Trinajstić information content (AvgIpc) is 2.92. The van der Waals surface area contributed by atoms with Gasteiger partial charge in [-0.1, -0.05) is 50.3 Å². The highest BCUT2D eigenvalue weighted by Gasteiger charge is 2.19. The van der Waals surface area contributed by atoms with Crippen molar-refractivity contribution >= 4 is 0 Å². The fourth-order valence-electron chi connectivity index (χ4n) is 3.11. The molecular weight excluding hydrogens is 250 g/mol. The van der Waals surface area contributed by atoms with Crippen molar-refractivity contribution in [3.8, 4) is 5.69 Å². The second-order valence-corrected chi connectivity index (χ2v) is 5.57. The molecule has 2 aromatic rings. The Labute approximate surface area is 119 Å². The van der Waals surface area contributed by atoms with Gasteiger partial charge in [0.1, 0.15) is 12.4 Å². The first-order valence-electron chi connectivity index (χ1n) is 7.48. The maximum Gasteiger partial charge on any atom is 0.163 e. The molecule has 1 saturated carbocycles. The molecule has 1 aromatic heterocycles. The Kier molecular flexibility index (Phi) is 4.11. The van der Waals surface area contributed by atoms with Crippen LogP contribution in [-0.4, -0.2) is 19.9 Å². The summed E-state index contributed by atoms with van der Waals surface area (Å²) in [5, 5.41) is 17.9. The summed E-state index contributed by atoms with van der Waals surface area (Å²) < 4.78 is 2.01. The van der Waals surface area contributed by atoms with Crippen molar-refractivity contribution in [3.63, 3.8) is 0 Å². The van der Waals surface area contributed by atoms with Gasteiger partial charge in [0.15, 0.2) is 5.82 Å². The minimum Gasteiger partial charge on any atom is -0.388 e. The van der Waals surface area contributed by atoms with Crippen LogP contribution in [0.3, 0.4) is 0 Å². The summed E-state index contributed by atoms with van der Waals surface area (Å²) in [5.41, 5.74) is 1.03. The van der Waals surface area contributed by atoms with Crippen molar-refractivity contribution in [3.05, 3.63) is 42.0 Å². The lowest BCUT2D eigenvalue weighted by molar-refractivity contribution is 0.268. The second-order valence-electron chi connectivity index (χ2n) is 5.57. The summed E-state index contributed by atoms with van der Waals surface area (Å²) in [6, 6.07) is 10.1.